The minimum absolute atomic E-state index is 0.282. The SMILES string of the molecule is O=C(N/N=C\c1ccc[nH]1)c1cccnc1. The lowest BCUT2D eigenvalue weighted by atomic mass is 10.3. The molecule has 2 N–H and O–H groups in total. The van der Waals surface area contributed by atoms with Crippen LogP contribution in [0, 0.1) is 0 Å². The van der Waals surface area contributed by atoms with Crippen molar-refractivity contribution in [1.82, 2.24) is 15.4 Å². The molecule has 0 unspecified atom stereocenters. The molecule has 5 heteroatoms. The zero-order chi connectivity index (χ0) is 11.2. The third-order valence-electron chi connectivity index (χ3n) is 1.92. The number of nitrogens with one attached hydrogen (secondary N) is 2. The van der Waals surface area contributed by atoms with Gasteiger partial charge in [-0.25, -0.2) is 5.43 Å². The Morgan fingerprint density at radius 2 is 2.38 bits per heavy atom. The Morgan fingerprint density at radius 1 is 1.44 bits per heavy atom. The summed E-state index contributed by atoms with van der Waals surface area (Å²) in [4.78, 5) is 18.3. The molecule has 0 aliphatic heterocycles. The molecule has 0 saturated heterocycles. The van der Waals surface area contributed by atoms with E-state index in [-0.39, 0.29) is 5.91 Å². The number of carbonyl (C=O) groups is 1. The van der Waals surface area contributed by atoms with E-state index in [1.165, 1.54) is 12.4 Å². The van der Waals surface area contributed by atoms with E-state index < -0.39 is 0 Å². The summed E-state index contributed by atoms with van der Waals surface area (Å²) in [6.07, 6.45) is 6.41. The second-order valence-corrected chi connectivity index (χ2v) is 3.07. The lowest BCUT2D eigenvalue weighted by Gasteiger charge is -1.97. The first-order valence-electron chi connectivity index (χ1n) is 4.73. The van der Waals surface area contributed by atoms with Crippen LogP contribution in [0.1, 0.15) is 16.1 Å². The number of aromatic amines is 1. The normalized spacial score (nSPS) is 10.5. The predicted octanol–water partition coefficient (Wildman–Crippen LogP) is 1.17. The topological polar surface area (TPSA) is 70.1 Å². The molecule has 2 aromatic heterocycles. The summed E-state index contributed by atoms with van der Waals surface area (Å²) in [5.41, 5.74) is 3.71. The molecule has 2 heterocycles. The Balaban J connectivity index is 1.94. The van der Waals surface area contributed by atoms with Gasteiger partial charge in [-0.1, -0.05) is 0 Å². The van der Waals surface area contributed by atoms with Crippen molar-refractivity contribution in [2.75, 3.05) is 0 Å². The number of nitrogens with zero attached hydrogens (tertiary/aromatic N) is 2. The van der Waals surface area contributed by atoms with Crippen LogP contribution in [-0.4, -0.2) is 22.1 Å². The number of aromatic nitrogens is 2. The molecule has 5 nitrogen and oxygen atoms in total. The molecule has 2 rings (SSSR count). The van der Waals surface area contributed by atoms with Gasteiger partial charge in [-0.05, 0) is 24.3 Å². The summed E-state index contributed by atoms with van der Waals surface area (Å²) in [7, 11) is 0. The maximum Gasteiger partial charge on any atom is 0.272 e. The van der Waals surface area contributed by atoms with Crippen molar-refractivity contribution in [3.8, 4) is 0 Å². The number of hydrogen-bond donors (Lipinski definition) is 2. The standard InChI is InChI=1S/C11H10N4O/c16-11(9-3-1-5-12-7-9)15-14-8-10-4-2-6-13-10/h1-8,13H,(H,15,16)/b14-8-. The molecule has 0 fully saturated rings. The fraction of sp³-hybridized carbons (Fsp3) is 0. The highest BCUT2D eigenvalue weighted by molar-refractivity contribution is 5.94. The van der Waals surface area contributed by atoms with Crippen LogP contribution in [-0.2, 0) is 0 Å². The summed E-state index contributed by atoms with van der Waals surface area (Å²) in [6.45, 7) is 0. The highest BCUT2D eigenvalue weighted by Crippen LogP contribution is 1.94. The van der Waals surface area contributed by atoms with Crippen LogP contribution in [0.3, 0.4) is 0 Å². The van der Waals surface area contributed by atoms with Gasteiger partial charge in [0.1, 0.15) is 0 Å². The zero-order valence-corrected chi connectivity index (χ0v) is 8.42. The average Bonchev–Trinajstić information content (AvgIpc) is 2.83. The molecule has 0 radical (unpaired) electrons. The smallest absolute Gasteiger partial charge is 0.272 e. The Bertz CT molecular complexity index is 476. The number of pyridine rings is 1. The van der Waals surface area contributed by atoms with Crippen molar-refractivity contribution in [3.63, 3.8) is 0 Å². The van der Waals surface area contributed by atoms with Crippen LogP contribution >= 0.6 is 0 Å². The zero-order valence-electron chi connectivity index (χ0n) is 8.42. The number of H-pyrrole nitrogens is 1. The van der Waals surface area contributed by atoms with E-state index in [2.05, 4.69) is 20.5 Å². The van der Waals surface area contributed by atoms with Crippen LogP contribution < -0.4 is 5.43 Å². The lowest BCUT2D eigenvalue weighted by Crippen LogP contribution is -2.17. The third kappa shape index (κ3) is 2.54. The molecule has 0 saturated carbocycles. The summed E-state index contributed by atoms with van der Waals surface area (Å²) < 4.78 is 0. The van der Waals surface area contributed by atoms with Gasteiger partial charge >= 0.3 is 0 Å². The lowest BCUT2D eigenvalue weighted by molar-refractivity contribution is 0.0955. The largest absolute Gasteiger partial charge is 0.360 e. The average molecular weight is 214 g/mol. The van der Waals surface area contributed by atoms with Gasteiger partial charge in [0.25, 0.3) is 5.91 Å². The van der Waals surface area contributed by atoms with E-state index in [4.69, 9.17) is 0 Å². The summed E-state index contributed by atoms with van der Waals surface area (Å²) in [5, 5.41) is 3.81. The molecule has 0 spiro atoms. The predicted molar refractivity (Wildman–Crippen MR) is 60.1 cm³/mol. The molecular weight excluding hydrogens is 204 g/mol. The first kappa shape index (κ1) is 10.1. The third-order valence-corrected chi connectivity index (χ3v) is 1.92. The summed E-state index contributed by atoms with van der Waals surface area (Å²) >= 11 is 0. The quantitative estimate of drug-likeness (QED) is 0.594. The minimum Gasteiger partial charge on any atom is -0.360 e. The van der Waals surface area contributed by atoms with E-state index in [0.717, 1.165) is 5.69 Å². The fourth-order valence-electron chi connectivity index (χ4n) is 1.15. The Kier molecular flexibility index (Phi) is 3.08. The van der Waals surface area contributed by atoms with E-state index in [1.807, 2.05) is 12.1 Å². The van der Waals surface area contributed by atoms with Crippen LogP contribution in [0.5, 0.6) is 0 Å². The highest BCUT2D eigenvalue weighted by Gasteiger charge is 2.01. The van der Waals surface area contributed by atoms with Crippen LogP contribution in [0.15, 0.2) is 48.0 Å². The minimum atomic E-state index is -0.282. The van der Waals surface area contributed by atoms with E-state index in [9.17, 15) is 4.79 Å². The van der Waals surface area contributed by atoms with Crippen LogP contribution in [0.2, 0.25) is 0 Å². The van der Waals surface area contributed by atoms with E-state index in [0.29, 0.717) is 5.56 Å². The van der Waals surface area contributed by atoms with Gasteiger partial charge in [-0.3, -0.25) is 9.78 Å². The first-order chi connectivity index (χ1) is 7.86. The van der Waals surface area contributed by atoms with Crippen molar-refractivity contribution < 1.29 is 4.79 Å². The molecule has 0 bridgehead atoms. The van der Waals surface area contributed by atoms with Crippen LogP contribution in [0.4, 0.5) is 0 Å². The molecular formula is C11H10N4O. The Morgan fingerprint density at radius 3 is 3.06 bits per heavy atom. The fourth-order valence-corrected chi connectivity index (χ4v) is 1.15. The molecule has 0 aromatic carbocycles. The number of rotatable bonds is 3. The summed E-state index contributed by atoms with van der Waals surface area (Å²) in [6, 6.07) is 7.07. The first-order valence-corrected chi connectivity index (χ1v) is 4.73. The molecule has 16 heavy (non-hydrogen) atoms. The molecule has 0 atom stereocenters. The van der Waals surface area contributed by atoms with Crippen LogP contribution in [0.25, 0.3) is 0 Å². The van der Waals surface area contributed by atoms with Crippen molar-refractivity contribution in [2.24, 2.45) is 5.10 Å². The maximum absolute atomic E-state index is 11.5. The number of hydrogen-bond acceptors (Lipinski definition) is 3. The van der Waals surface area contributed by atoms with Gasteiger partial charge in [-0.15, -0.1) is 0 Å². The van der Waals surface area contributed by atoms with E-state index in [1.54, 1.807) is 24.5 Å². The van der Waals surface area contributed by atoms with Gasteiger partial charge in [0.15, 0.2) is 0 Å². The van der Waals surface area contributed by atoms with Crippen molar-refractivity contribution in [1.29, 1.82) is 0 Å². The molecule has 2 aromatic rings. The number of hydrazone groups is 1. The maximum atomic E-state index is 11.5. The van der Waals surface area contributed by atoms with Gasteiger partial charge in [-0.2, -0.15) is 5.10 Å². The number of carbonyl (C=O) groups excluding carboxylic acids is 1. The van der Waals surface area contributed by atoms with Gasteiger partial charge in [0.2, 0.25) is 0 Å². The monoisotopic (exact) mass is 214 g/mol. The highest BCUT2D eigenvalue weighted by atomic mass is 16.2. The van der Waals surface area contributed by atoms with Gasteiger partial charge in [0, 0.05) is 18.6 Å². The second-order valence-electron chi connectivity index (χ2n) is 3.07. The van der Waals surface area contributed by atoms with E-state index >= 15 is 0 Å². The van der Waals surface area contributed by atoms with Crippen molar-refractivity contribution in [3.05, 3.63) is 54.1 Å². The molecule has 80 valence electrons. The van der Waals surface area contributed by atoms with Gasteiger partial charge in [0.05, 0.1) is 17.5 Å². The summed E-state index contributed by atoms with van der Waals surface area (Å²) in [5.74, 6) is -0.282. The van der Waals surface area contributed by atoms with Crippen molar-refractivity contribution >= 4 is 12.1 Å². The molecule has 1 amide bonds. The second kappa shape index (κ2) is 4.88. The Labute approximate surface area is 92.2 Å². The van der Waals surface area contributed by atoms with Crippen molar-refractivity contribution in [2.45, 2.75) is 0 Å². The number of amides is 1. The van der Waals surface area contributed by atoms with Gasteiger partial charge < -0.3 is 4.98 Å². The molecule has 0 aliphatic carbocycles. The Hall–Kier alpha value is -2.43. The molecule has 0 aliphatic rings.